The highest BCUT2D eigenvalue weighted by Crippen LogP contribution is 2.17. The molecule has 21 heavy (non-hydrogen) atoms. The minimum absolute atomic E-state index is 0.114. The quantitative estimate of drug-likeness (QED) is 0.657. The second-order valence-corrected chi connectivity index (χ2v) is 4.06. The van der Waals surface area contributed by atoms with E-state index in [1.54, 1.807) is 7.05 Å². The molecule has 0 saturated heterocycles. The number of nitro groups is 1. The summed E-state index contributed by atoms with van der Waals surface area (Å²) in [5.74, 6) is 0.114. The van der Waals surface area contributed by atoms with Gasteiger partial charge in [-0.3, -0.25) is 20.1 Å². The first-order valence-electron chi connectivity index (χ1n) is 5.76. The van der Waals surface area contributed by atoms with Gasteiger partial charge in [0.15, 0.2) is 5.82 Å². The Morgan fingerprint density at radius 2 is 2.24 bits per heavy atom. The summed E-state index contributed by atoms with van der Waals surface area (Å²) in [6.07, 6.45) is 1.46. The van der Waals surface area contributed by atoms with E-state index in [-0.39, 0.29) is 22.8 Å². The molecule has 9 heteroatoms. The van der Waals surface area contributed by atoms with Crippen molar-refractivity contribution in [3.63, 3.8) is 0 Å². The molecule has 0 saturated carbocycles. The fourth-order valence-corrected chi connectivity index (χ4v) is 1.63. The molecule has 0 aliphatic rings. The average Bonchev–Trinajstić information content (AvgIpc) is 2.78. The number of nitrogens with zero attached hydrogens (tertiary/aromatic N) is 4. The van der Waals surface area contributed by atoms with Gasteiger partial charge in [0.05, 0.1) is 4.92 Å². The van der Waals surface area contributed by atoms with Crippen molar-refractivity contribution in [1.29, 1.82) is 5.26 Å². The van der Waals surface area contributed by atoms with Crippen LogP contribution in [-0.4, -0.2) is 20.7 Å². The highest BCUT2D eigenvalue weighted by Gasteiger charge is 2.12. The Hall–Kier alpha value is -3.41. The van der Waals surface area contributed by atoms with E-state index < -0.39 is 11.0 Å². The zero-order valence-electron chi connectivity index (χ0n) is 10.9. The van der Waals surface area contributed by atoms with Crippen molar-refractivity contribution in [2.75, 3.05) is 10.6 Å². The van der Waals surface area contributed by atoms with Gasteiger partial charge in [0.25, 0.3) is 5.69 Å². The van der Waals surface area contributed by atoms with Gasteiger partial charge in [0.2, 0.25) is 0 Å². The summed E-state index contributed by atoms with van der Waals surface area (Å²) in [6.45, 7) is 0. The molecule has 0 atom stereocenters. The standard InChI is InChI=1S/C12H10N6O3/c1-17-7-8(6-13)11(16-17)15-12(19)14-9-3-2-4-10(5-9)18(20)21/h2-5,7H,1H3,(H2,14,15,16,19). The van der Waals surface area contributed by atoms with Crippen LogP contribution in [-0.2, 0) is 7.05 Å². The molecule has 0 aliphatic carbocycles. The number of urea groups is 1. The lowest BCUT2D eigenvalue weighted by Gasteiger charge is -2.05. The summed E-state index contributed by atoms with van der Waals surface area (Å²) in [4.78, 5) is 21.9. The van der Waals surface area contributed by atoms with Crippen LogP contribution in [0, 0.1) is 21.4 Å². The number of hydrogen-bond donors (Lipinski definition) is 2. The van der Waals surface area contributed by atoms with Gasteiger partial charge in [0.1, 0.15) is 11.6 Å². The van der Waals surface area contributed by atoms with E-state index in [0.29, 0.717) is 0 Å². The van der Waals surface area contributed by atoms with Gasteiger partial charge >= 0.3 is 6.03 Å². The third kappa shape index (κ3) is 3.32. The summed E-state index contributed by atoms with van der Waals surface area (Å²) < 4.78 is 1.39. The maximum absolute atomic E-state index is 11.8. The molecule has 1 aromatic carbocycles. The molecule has 2 rings (SSSR count). The van der Waals surface area contributed by atoms with Crippen LogP contribution < -0.4 is 10.6 Å². The van der Waals surface area contributed by atoms with Gasteiger partial charge in [0, 0.05) is 31.1 Å². The van der Waals surface area contributed by atoms with Crippen molar-refractivity contribution in [3.8, 4) is 6.07 Å². The van der Waals surface area contributed by atoms with Gasteiger partial charge in [-0.25, -0.2) is 4.79 Å². The predicted octanol–water partition coefficient (Wildman–Crippen LogP) is 1.84. The predicted molar refractivity (Wildman–Crippen MR) is 73.7 cm³/mol. The molecule has 0 bridgehead atoms. The fraction of sp³-hybridized carbons (Fsp3) is 0.0833. The number of nitriles is 1. The third-order valence-corrected chi connectivity index (χ3v) is 2.50. The van der Waals surface area contributed by atoms with Crippen LogP contribution >= 0.6 is 0 Å². The molecule has 1 aromatic heterocycles. The van der Waals surface area contributed by atoms with E-state index in [9.17, 15) is 14.9 Å². The molecule has 1 heterocycles. The number of nitro benzene ring substituents is 1. The summed E-state index contributed by atoms with van der Waals surface area (Å²) >= 11 is 0. The average molecular weight is 286 g/mol. The highest BCUT2D eigenvalue weighted by molar-refractivity contribution is 5.99. The largest absolute Gasteiger partial charge is 0.324 e. The van der Waals surface area contributed by atoms with Crippen LogP contribution in [0.15, 0.2) is 30.5 Å². The Balaban J connectivity index is 2.10. The molecule has 2 amide bonds. The van der Waals surface area contributed by atoms with E-state index >= 15 is 0 Å². The normalized spacial score (nSPS) is 9.71. The maximum Gasteiger partial charge on any atom is 0.324 e. The molecular weight excluding hydrogens is 276 g/mol. The summed E-state index contributed by atoms with van der Waals surface area (Å²) in [6, 6.07) is 6.75. The lowest BCUT2D eigenvalue weighted by molar-refractivity contribution is -0.384. The zero-order chi connectivity index (χ0) is 15.4. The van der Waals surface area contributed by atoms with E-state index in [1.165, 1.54) is 35.1 Å². The second-order valence-electron chi connectivity index (χ2n) is 4.06. The van der Waals surface area contributed by atoms with Crippen LogP contribution in [0.3, 0.4) is 0 Å². The number of aromatic nitrogens is 2. The lowest BCUT2D eigenvalue weighted by Crippen LogP contribution is -2.20. The first-order chi connectivity index (χ1) is 9.99. The number of amides is 2. The van der Waals surface area contributed by atoms with E-state index in [1.807, 2.05) is 6.07 Å². The van der Waals surface area contributed by atoms with Gasteiger partial charge in [-0.1, -0.05) is 6.07 Å². The summed E-state index contributed by atoms with van der Waals surface area (Å²) in [5, 5.41) is 28.3. The SMILES string of the molecule is Cn1cc(C#N)c(NC(=O)Nc2cccc([N+](=O)[O-])c2)n1. The van der Waals surface area contributed by atoms with E-state index in [2.05, 4.69) is 15.7 Å². The summed E-state index contributed by atoms with van der Waals surface area (Å²) in [7, 11) is 1.62. The Morgan fingerprint density at radius 3 is 2.90 bits per heavy atom. The maximum atomic E-state index is 11.8. The van der Waals surface area contributed by atoms with E-state index in [0.717, 1.165) is 0 Å². The molecule has 0 radical (unpaired) electrons. The Bertz CT molecular complexity index is 746. The number of rotatable bonds is 3. The monoisotopic (exact) mass is 286 g/mol. The number of carbonyl (C=O) groups is 1. The number of hydrogen-bond acceptors (Lipinski definition) is 5. The topological polar surface area (TPSA) is 126 Å². The van der Waals surface area contributed by atoms with Crippen LogP contribution in [0.2, 0.25) is 0 Å². The first kappa shape index (κ1) is 14.0. The van der Waals surface area contributed by atoms with Crippen molar-refractivity contribution in [2.45, 2.75) is 0 Å². The van der Waals surface area contributed by atoms with Crippen molar-refractivity contribution < 1.29 is 9.72 Å². The molecule has 9 nitrogen and oxygen atoms in total. The molecule has 0 unspecified atom stereocenters. The number of benzene rings is 1. The highest BCUT2D eigenvalue weighted by atomic mass is 16.6. The number of aryl methyl sites for hydroxylation is 1. The first-order valence-corrected chi connectivity index (χ1v) is 5.76. The van der Waals surface area contributed by atoms with Crippen LogP contribution in [0.25, 0.3) is 0 Å². The van der Waals surface area contributed by atoms with Crippen LogP contribution in [0.4, 0.5) is 22.0 Å². The van der Waals surface area contributed by atoms with Crippen LogP contribution in [0.5, 0.6) is 0 Å². The number of carbonyl (C=O) groups excluding carboxylic acids is 1. The second kappa shape index (κ2) is 5.70. The zero-order valence-corrected chi connectivity index (χ0v) is 10.9. The molecule has 2 aromatic rings. The number of anilines is 2. The van der Waals surface area contributed by atoms with E-state index in [4.69, 9.17) is 5.26 Å². The minimum atomic E-state index is -0.648. The van der Waals surface area contributed by atoms with Crippen LogP contribution in [0.1, 0.15) is 5.56 Å². The molecule has 0 fully saturated rings. The van der Waals surface area contributed by atoms with Gasteiger partial charge in [-0.15, -0.1) is 0 Å². The molecular formula is C12H10N6O3. The van der Waals surface area contributed by atoms with Gasteiger partial charge in [-0.2, -0.15) is 10.4 Å². The number of non-ortho nitro benzene ring substituents is 1. The van der Waals surface area contributed by atoms with Gasteiger partial charge < -0.3 is 5.32 Å². The van der Waals surface area contributed by atoms with Crippen molar-refractivity contribution in [1.82, 2.24) is 9.78 Å². The molecule has 0 spiro atoms. The molecule has 2 N–H and O–H groups in total. The Kier molecular flexibility index (Phi) is 3.80. The Morgan fingerprint density at radius 1 is 1.48 bits per heavy atom. The van der Waals surface area contributed by atoms with Crippen molar-refractivity contribution in [2.24, 2.45) is 7.05 Å². The molecule has 0 aliphatic heterocycles. The lowest BCUT2D eigenvalue weighted by atomic mass is 10.3. The molecule has 106 valence electrons. The smallest absolute Gasteiger partial charge is 0.307 e. The summed E-state index contributed by atoms with van der Waals surface area (Å²) in [5.41, 5.74) is 0.339. The van der Waals surface area contributed by atoms with Crippen molar-refractivity contribution in [3.05, 3.63) is 46.1 Å². The fourth-order valence-electron chi connectivity index (χ4n) is 1.63. The third-order valence-electron chi connectivity index (χ3n) is 2.50. The Labute approximate surface area is 118 Å². The van der Waals surface area contributed by atoms with Gasteiger partial charge in [-0.05, 0) is 6.07 Å². The minimum Gasteiger partial charge on any atom is -0.307 e. The number of nitrogens with one attached hydrogen (secondary N) is 2. The van der Waals surface area contributed by atoms with Crippen molar-refractivity contribution >= 4 is 23.2 Å².